The minimum absolute atomic E-state index is 0.0885. The van der Waals surface area contributed by atoms with E-state index in [9.17, 15) is 43.5 Å². The van der Waals surface area contributed by atoms with Crippen LogP contribution >= 0.6 is 15.6 Å². The van der Waals surface area contributed by atoms with Crippen LogP contribution in [0, 0.1) is 0 Å². The van der Waals surface area contributed by atoms with Crippen molar-refractivity contribution in [3.05, 3.63) is 170 Å². The lowest BCUT2D eigenvalue weighted by Gasteiger charge is -2.21. The smallest absolute Gasteiger partial charge is 0.463 e. The quantitative estimate of drug-likeness (QED) is 0.0146. The van der Waals surface area contributed by atoms with Crippen molar-refractivity contribution < 1.29 is 75.8 Å². The van der Waals surface area contributed by atoms with Crippen molar-refractivity contribution in [2.24, 2.45) is 0 Å². The van der Waals surface area contributed by atoms with E-state index < -0.39 is 91.5 Å². The number of aliphatic hydroxyl groups is 2. The largest absolute Gasteiger partial charge is 0.472 e. The summed E-state index contributed by atoms with van der Waals surface area (Å²) < 4.78 is 61.6. The van der Waals surface area contributed by atoms with E-state index in [0.717, 1.165) is 167 Å². The molecule has 0 aromatic carbocycles. The highest BCUT2D eigenvalue weighted by Gasteiger charge is 2.30. The van der Waals surface area contributed by atoms with Gasteiger partial charge in [-0.05, 0) is 154 Å². The lowest BCUT2D eigenvalue weighted by atomic mass is 10.0. The van der Waals surface area contributed by atoms with E-state index >= 15 is 0 Å². The molecule has 4 N–H and O–H groups in total. The van der Waals surface area contributed by atoms with Gasteiger partial charge in [0.15, 0.2) is 6.10 Å². The van der Waals surface area contributed by atoms with Crippen LogP contribution in [0.15, 0.2) is 170 Å². The highest BCUT2D eigenvalue weighted by molar-refractivity contribution is 7.47. The number of allylic oxidation sites excluding steroid dienone is 28. The molecule has 0 aliphatic heterocycles. The lowest BCUT2D eigenvalue weighted by molar-refractivity contribution is -0.161. The molecule has 5 unspecified atom stereocenters. The highest BCUT2D eigenvalue weighted by Crippen LogP contribution is 2.45. The first kappa shape index (κ1) is 118. The predicted molar refractivity (Wildman–Crippen MR) is 519 cm³/mol. The molecule has 5 atom stereocenters. The standard InChI is InChI=1S/C105H180O16P2/c1-4-7-10-13-16-19-22-25-28-31-34-37-40-42-44-46-48-49-51-53-54-56-59-61-64-67-70-73-76-79-82-85-88-91-103(108)115-94-100(106)95-117-122(111,112)118-96-101(107)97-119-123(113,114)120-99-102(121-105(110)93-90-87-84-81-78-75-72-69-66-63-58-39-36-33-30-27-24-21-18-15-12-9-6-3)98-116-104(109)92-89-86-83-80-77-74-71-68-65-62-60-57-55-52-50-47-45-43-41-38-35-32-29-26-23-20-17-14-11-8-5-2/h7,9-10,12,16-21,25-30,34-39,42-45,63,66,100-102,106-107H,4-6,8,11,13-15,22-24,31-33,40-41,46-62,64-65,67-99H2,1-3H3,(H,111,112)(H,113,114)/b10-7-,12-9-,19-16-,20-17-,21-18-,28-25-,29-26-,30-27-,37-34-,38-35-,39-36-,44-42-,45-43-,66-63-. The van der Waals surface area contributed by atoms with Gasteiger partial charge in [0, 0.05) is 19.3 Å². The van der Waals surface area contributed by atoms with E-state index in [-0.39, 0.29) is 19.3 Å². The third kappa shape index (κ3) is 97.4. The Morgan fingerprint density at radius 1 is 0.236 bits per heavy atom. The molecule has 18 heteroatoms. The van der Waals surface area contributed by atoms with Crippen LogP contribution in [0.2, 0.25) is 0 Å². The monoisotopic (exact) mass is 1760 g/mol. The molecule has 0 rings (SSSR count). The van der Waals surface area contributed by atoms with Gasteiger partial charge in [-0.25, -0.2) is 9.13 Å². The molecule has 0 bridgehead atoms. The maximum Gasteiger partial charge on any atom is 0.472 e. The molecule has 0 amide bonds. The number of esters is 3. The van der Waals surface area contributed by atoms with Gasteiger partial charge in [0.25, 0.3) is 0 Å². The summed E-state index contributed by atoms with van der Waals surface area (Å²) in [7, 11) is -9.82. The van der Waals surface area contributed by atoms with Crippen LogP contribution in [0.25, 0.3) is 0 Å². The fourth-order valence-corrected chi connectivity index (χ4v) is 15.1. The van der Waals surface area contributed by atoms with E-state index in [1.165, 1.54) is 193 Å². The molecule has 0 saturated carbocycles. The molecule has 0 spiro atoms. The number of hydrogen-bond acceptors (Lipinski definition) is 14. The zero-order valence-corrected chi connectivity index (χ0v) is 79.9. The van der Waals surface area contributed by atoms with Gasteiger partial charge < -0.3 is 34.2 Å². The number of ether oxygens (including phenoxy) is 3. The number of unbranched alkanes of at least 4 members (excludes halogenated alkanes) is 42. The maximum absolute atomic E-state index is 13.1. The Hall–Kier alpha value is -5.09. The summed E-state index contributed by atoms with van der Waals surface area (Å²) in [5.74, 6) is -1.57. The number of rotatable bonds is 93. The first-order chi connectivity index (χ1) is 60.2. The minimum Gasteiger partial charge on any atom is -0.463 e. The van der Waals surface area contributed by atoms with E-state index in [1.807, 2.05) is 0 Å². The first-order valence-corrected chi connectivity index (χ1v) is 52.4. The normalized spacial score (nSPS) is 14.4. The number of phosphoric acid groups is 2. The first-order valence-electron chi connectivity index (χ1n) is 49.4. The van der Waals surface area contributed by atoms with Crippen LogP contribution in [0.3, 0.4) is 0 Å². The SMILES string of the molecule is CC/C=C\C/C=C\C/C=C\C/C=C\C/C=C\CCCCCCCCCCCCCCCCCCCC(=O)OCC(O)COP(=O)(O)OCC(O)COP(=O)(O)OCC(COC(=O)CCCCCCCCCCCCCCCCC/C=C\C/C=C\C/C=C\C/C=C\CCCCC)OC(=O)CCCCCCCCC/C=C\C/C=C\C/C=C\C/C=C\C/C=C\CC. The Morgan fingerprint density at radius 2 is 0.431 bits per heavy atom. The average Bonchev–Trinajstić information content (AvgIpc) is 0.898. The molecule has 16 nitrogen and oxygen atoms in total. The molecule has 0 radical (unpaired) electrons. The molecule has 0 aliphatic rings. The third-order valence-corrected chi connectivity index (χ3v) is 22.8. The Labute approximate surface area is 752 Å². The number of aliphatic hydroxyl groups excluding tert-OH is 2. The van der Waals surface area contributed by atoms with Gasteiger partial charge in [0.05, 0.1) is 26.4 Å². The van der Waals surface area contributed by atoms with Crippen LogP contribution in [0.5, 0.6) is 0 Å². The van der Waals surface area contributed by atoms with Crippen LogP contribution in [-0.4, -0.2) is 95.9 Å². The molecule has 123 heavy (non-hydrogen) atoms. The van der Waals surface area contributed by atoms with Gasteiger partial charge in [-0.2, -0.15) is 0 Å². The van der Waals surface area contributed by atoms with E-state index in [0.29, 0.717) is 19.3 Å². The molecular formula is C105H180O16P2. The molecule has 0 aliphatic carbocycles. The predicted octanol–water partition coefficient (Wildman–Crippen LogP) is 31.0. The van der Waals surface area contributed by atoms with Gasteiger partial charge >= 0.3 is 33.6 Å². The van der Waals surface area contributed by atoms with Crippen LogP contribution < -0.4 is 0 Å². The third-order valence-electron chi connectivity index (χ3n) is 20.9. The fourth-order valence-electron chi connectivity index (χ4n) is 13.5. The Balaban J connectivity index is 4.58. The number of hydrogen-bond donors (Lipinski definition) is 4. The zero-order valence-electron chi connectivity index (χ0n) is 78.1. The van der Waals surface area contributed by atoms with Crippen molar-refractivity contribution in [3.8, 4) is 0 Å². The number of phosphoric ester groups is 2. The van der Waals surface area contributed by atoms with E-state index in [2.05, 4.69) is 191 Å². The Bertz CT molecular complexity index is 2920. The molecule has 0 aromatic heterocycles. The number of carbonyl (C=O) groups excluding carboxylic acids is 3. The van der Waals surface area contributed by atoms with Crippen LogP contribution in [0.4, 0.5) is 0 Å². The zero-order chi connectivity index (χ0) is 89.3. The summed E-state index contributed by atoms with van der Waals surface area (Å²) in [6, 6.07) is 0. The summed E-state index contributed by atoms with van der Waals surface area (Å²) in [4.78, 5) is 59.1. The second-order valence-corrected chi connectivity index (χ2v) is 35.7. The summed E-state index contributed by atoms with van der Waals surface area (Å²) in [6.07, 6.45) is 126. The Kier molecular flexibility index (Phi) is 92.0. The van der Waals surface area contributed by atoms with Gasteiger partial charge in [0.1, 0.15) is 25.4 Å². The summed E-state index contributed by atoms with van der Waals surface area (Å²) in [5.41, 5.74) is 0. The number of carbonyl (C=O) groups is 3. The minimum atomic E-state index is -4.95. The average molecular weight is 1760 g/mol. The van der Waals surface area contributed by atoms with Crippen LogP contribution in [0.1, 0.15) is 419 Å². The molecule has 0 fully saturated rings. The second kappa shape index (κ2) is 96.0. The summed E-state index contributed by atoms with van der Waals surface area (Å²) in [6.45, 7) is 2.48. The Morgan fingerprint density at radius 3 is 0.683 bits per heavy atom. The maximum atomic E-state index is 13.1. The van der Waals surface area contributed by atoms with Crippen molar-refractivity contribution in [3.63, 3.8) is 0 Å². The van der Waals surface area contributed by atoms with Gasteiger partial charge in [-0.15, -0.1) is 0 Å². The second-order valence-electron chi connectivity index (χ2n) is 32.8. The molecule has 706 valence electrons. The van der Waals surface area contributed by atoms with Gasteiger partial charge in [0.2, 0.25) is 0 Å². The van der Waals surface area contributed by atoms with Crippen LogP contribution in [-0.2, 0) is 55.8 Å². The van der Waals surface area contributed by atoms with Crippen molar-refractivity contribution in [1.82, 2.24) is 0 Å². The lowest BCUT2D eigenvalue weighted by Crippen LogP contribution is -2.30. The van der Waals surface area contributed by atoms with Gasteiger partial charge in [-0.3, -0.25) is 32.5 Å². The summed E-state index contributed by atoms with van der Waals surface area (Å²) >= 11 is 0. The van der Waals surface area contributed by atoms with Crippen molar-refractivity contribution in [2.45, 2.75) is 437 Å². The van der Waals surface area contributed by atoms with Crippen molar-refractivity contribution in [2.75, 3.05) is 39.6 Å². The highest BCUT2D eigenvalue weighted by atomic mass is 31.2. The van der Waals surface area contributed by atoms with Crippen molar-refractivity contribution in [1.29, 1.82) is 0 Å². The summed E-state index contributed by atoms with van der Waals surface area (Å²) in [5, 5.41) is 20.8. The molecule has 0 heterocycles. The molecular weight excluding hydrogens is 1580 g/mol. The molecule has 0 saturated heterocycles. The fraction of sp³-hybridized carbons (Fsp3) is 0.705. The van der Waals surface area contributed by atoms with Crippen molar-refractivity contribution >= 4 is 33.6 Å². The van der Waals surface area contributed by atoms with E-state index in [1.54, 1.807) is 0 Å². The molecule has 0 aromatic rings. The van der Waals surface area contributed by atoms with E-state index in [4.69, 9.17) is 32.3 Å². The topological polar surface area (TPSA) is 231 Å². The van der Waals surface area contributed by atoms with Gasteiger partial charge in [-0.1, -0.05) is 416 Å².